The van der Waals surface area contributed by atoms with Crippen molar-refractivity contribution in [1.82, 2.24) is 15.1 Å². The number of ether oxygens (including phenoxy) is 1. The summed E-state index contributed by atoms with van der Waals surface area (Å²) in [7, 11) is 1.72. The average Bonchev–Trinajstić information content (AvgIpc) is 2.62. The maximum Gasteiger partial charge on any atom is 0.0739 e. The molecule has 80 valence electrons. The van der Waals surface area contributed by atoms with Gasteiger partial charge in [-0.1, -0.05) is 6.92 Å². The van der Waals surface area contributed by atoms with E-state index in [9.17, 15) is 0 Å². The van der Waals surface area contributed by atoms with Crippen LogP contribution >= 0.6 is 0 Å². The molecule has 1 unspecified atom stereocenters. The summed E-state index contributed by atoms with van der Waals surface area (Å²) >= 11 is 0. The van der Waals surface area contributed by atoms with Gasteiger partial charge in [0.2, 0.25) is 0 Å². The molecule has 1 N–H and O–H groups in total. The Labute approximate surface area is 85.3 Å². The Morgan fingerprint density at radius 2 is 2.43 bits per heavy atom. The van der Waals surface area contributed by atoms with Crippen molar-refractivity contribution >= 4 is 0 Å². The van der Waals surface area contributed by atoms with Crippen molar-refractivity contribution in [3.05, 3.63) is 18.0 Å². The number of nitrogens with one attached hydrogen (secondary N) is 1. The quantitative estimate of drug-likeness (QED) is 0.740. The van der Waals surface area contributed by atoms with Crippen LogP contribution in [0.1, 0.15) is 19.5 Å². The maximum absolute atomic E-state index is 5.20. The summed E-state index contributed by atoms with van der Waals surface area (Å²) in [6, 6.07) is 2.03. The van der Waals surface area contributed by atoms with Gasteiger partial charge in [-0.05, 0) is 19.5 Å². The number of nitrogens with zero attached hydrogens (tertiary/aromatic N) is 2. The molecule has 0 bridgehead atoms. The molecule has 0 spiro atoms. The molecule has 0 aromatic carbocycles. The Kier molecular flexibility index (Phi) is 4.62. The summed E-state index contributed by atoms with van der Waals surface area (Å²) in [5.41, 5.74) is 1.20. The van der Waals surface area contributed by atoms with Gasteiger partial charge < -0.3 is 10.1 Å². The summed E-state index contributed by atoms with van der Waals surface area (Å²) in [5, 5.41) is 7.53. The van der Waals surface area contributed by atoms with E-state index in [1.165, 1.54) is 5.69 Å². The zero-order chi connectivity index (χ0) is 10.4. The van der Waals surface area contributed by atoms with E-state index in [1.54, 1.807) is 7.11 Å². The summed E-state index contributed by atoms with van der Waals surface area (Å²) in [4.78, 5) is 0. The first-order chi connectivity index (χ1) is 6.77. The van der Waals surface area contributed by atoms with Crippen LogP contribution in [0.15, 0.2) is 12.3 Å². The van der Waals surface area contributed by atoms with Gasteiger partial charge in [-0.25, -0.2) is 0 Å². The second-order valence-corrected chi connectivity index (χ2v) is 3.33. The number of methoxy groups -OCH3 is 1. The molecule has 0 radical (unpaired) electrons. The molecule has 0 aliphatic carbocycles. The third-order valence-electron chi connectivity index (χ3n) is 2.19. The number of aromatic nitrogens is 2. The molecule has 0 fully saturated rings. The van der Waals surface area contributed by atoms with Gasteiger partial charge >= 0.3 is 0 Å². The van der Waals surface area contributed by atoms with Gasteiger partial charge in [0.25, 0.3) is 0 Å². The second-order valence-electron chi connectivity index (χ2n) is 3.33. The average molecular weight is 197 g/mol. The molecule has 1 rings (SSSR count). The van der Waals surface area contributed by atoms with Gasteiger partial charge in [-0.15, -0.1) is 0 Å². The molecular formula is C10H19N3O. The van der Waals surface area contributed by atoms with Crippen LogP contribution in [0.3, 0.4) is 0 Å². The van der Waals surface area contributed by atoms with E-state index < -0.39 is 0 Å². The molecule has 0 saturated carbocycles. The van der Waals surface area contributed by atoms with Gasteiger partial charge in [-0.2, -0.15) is 5.10 Å². The summed E-state index contributed by atoms with van der Waals surface area (Å²) in [6.07, 6.45) is 2.03. The van der Waals surface area contributed by atoms with Crippen molar-refractivity contribution in [2.75, 3.05) is 13.7 Å². The van der Waals surface area contributed by atoms with E-state index in [-0.39, 0.29) is 6.10 Å². The van der Waals surface area contributed by atoms with Crippen LogP contribution in [0.2, 0.25) is 0 Å². The van der Waals surface area contributed by atoms with Crippen molar-refractivity contribution in [3.63, 3.8) is 0 Å². The van der Waals surface area contributed by atoms with Crippen molar-refractivity contribution < 1.29 is 4.74 Å². The Bertz CT molecular complexity index is 260. The second kappa shape index (κ2) is 5.78. The fraction of sp³-hybridized carbons (Fsp3) is 0.700. The monoisotopic (exact) mass is 197 g/mol. The molecule has 4 heteroatoms. The van der Waals surface area contributed by atoms with E-state index >= 15 is 0 Å². The first-order valence-corrected chi connectivity index (χ1v) is 5.02. The number of hydrogen-bond donors (Lipinski definition) is 1. The van der Waals surface area contributed by atoms with Gasteiger partial charge in [-0.3, -0.25) is 4.68 Å². The largest absolute Gasteiger partial charge is 0.380 e. The highest BCUT2D eigenvalue weighted by Gasteiger charge is 2.05. The number of rotatable bonds is 6. The third-order valence-corrected chi connectivity index (χ3v) is 2.19. The highest BCUT2D eigenvalue weighted by Crippen LogP contribution is 2.01. The van der Waals surface area contributed by atoms with E-state index in [1.807, 2.05) is 23.9 Å². The normalized spacial score (nSPS) is 13.1. The molecule has 1 atom stereocenters. The minimum Gasteiger partial charge on any atom is -0.380 e. The molecular weight excluding hydrogens is 178 g/mol. The van der Waals surface area contributed by atoms with Crippen molar-refractivity contribution in [1.29, 1.82) is 0 Å². The molecule has 0 aliphatic heterocycles. The molecule has 1 aromatic rings. The van der Waals surface area contributed by atoms with Crippen molar-refractivity contribution in [2.45, 2.75) is 33.0 Å². The minimum atomic E-state index is 0.204. The smallest absolute Gasteiger partial charge is 0.0739 e. The van der Waals surface area contributed by atoms with E-state index in [0.29, 0.717) is 0 Å². The van der Waals surface area contributed by atoms with Crippen LogP contribution in [0.25, 0.3) is 0 Å². The Morgan fingerprint density at radius 3 is 3.07 bits per heavy atom. The van der Waals surface area contributed by atoms with Crippen LogP contribution in [0.4, 0.5) is 0 Å². The molecule has 4 nitrogen and oxygen atoms in total. The van der Waals surface area contributed by atoms with Crippen LogP contribution in [-0.4, -0.2) is 29.5 Å². The number of hydrogen-bond acceptors (Lipinski definition) is 3. The van der Waals surface area contributed by atoms with E-state index in [0.717, 1.165) is 19.6 Å². The molecule has 1 heterocycles. The molecule has 1 aromatic heterocycles. The lowest BCUT2D eigenvalue weighted by atomic mass is 10.3. The fourth-order valence-corrected chi connectivity index (χ4v) is 1.25. The zero-order valence-corrected chi connectivity index (χ0v) is 9.16. The van der Waals surface area contributed by atoms with Crippen LogP contribution in [0.5, 0.6) is 0 Å². The SMILES string of the molecule is CCNCc1ccnn1CC(C)OC. The van der Waals surface area contributed by atoms with Crippen LogP contribution in [0, 0.1) is 0 Å². The maximum atomic E-state index is 5.20. The molecule has 14 heavy (non-hydrogen) atoms. The highest BCUT2D eigenvalue weighted by atomic mass is 16.5. The predicted octanol–water partition coefficient (Wildman–Crippen LogP) is 1.03. The van der Waals surface area contributed by atoms with Crippen LogP contribution < -0.4 is 5.32 Å². The molecule has 0 amide bonds. The Morgan fingerprint density at radius 1 is 1.64 bits per heavy atom. The van der Waals surface area contributed by atoms with Gasteiger partial charge in [0.1, 0.15) is 0 Å². The van der Waals surface area contributed by atoms with E-state index in [2.05, 4.69) is 17.3 Å². The first-order valence-electron chi connectivity index (χ1n) is 5.02. The minimum absolute atomic E-state index is 0.204. The van der Waals surface area contributed by atoms with Gasteiger partial charge in [0.15, 0.2) is 0 Å². The van der Waals surface area contributed by atoms with Gasteiger partial charge in [0, 0.05) is 19.9 Å². The molecule has 0 saturated heterocycles. The lowest BCUT2D eigenvalue weighted by Gasteiger charge is -2.12. The van der Waals surface area contributed by atoms with Crippen LogP contribution in [-0.2, 0) is 17.8 Å². The van der Waals surface area contributed by atoms with Crippen molar-refractivity contribution in [2.24, 2.45) is 0 Å². The van der Waals surface area contributed by atoms with Gasteiger partial charge in [0.05, 0.1) is 18.3 Å². The topological polar surface area (TPSA) is 39.1 Å². The lowest BCUT2D eigenvalue weighted by Crippen LogP contribution is -2.21. The Hall–Kier alpha value is -0.870. The van der Waals surface area contributed by atoms with E-state index in [4.69, 9.17) is 4.74 Å². The summed E-state index contributed by atoms with van der Waals surface area (Å²) < 4.78 is 7.18. The summed E-state index contributed by atoms with van der Waals surface area (Å²) in [6.45, 7) is 6.79. The van der Waals surface area contributed by atoms with Crippen molar-refractivity contribution in [3.8, 4) is 0 Å². The zero-order valence-electron chi connectivity index (χ0n) is 9.16. The fourth-order valence-electron chi connectivity index (χ4n) is 1.25. The predicted molar refractivity (Wildman–Crippen MR) is 56.1 cm³/mol. The third kappa shape index (κ3) is 3.12. The first kappa shape index (κ1) is 11.2. The standard InChI is InChI=1S/C10H19N3O/c1-4-11-7-10-5-6-12-13(10)8-9(2)14-3/h5-6,9,11H,4,7-8H2,1-3H3. The lowest BCUT2D eigenvalue weighted by molar-refractivity contribution is 0.0989. The molecule has 0 aliphatic rings. The Balaban J connectivity index is 2.53. The highest BCUT2D eigenvalue weighted by molar-refractivity contribution is 5.00. The summed E-state index contributed by atoms with van der Waals surface area (Å²) in [5.74, 6) is 0.